The maximum Gasteiger partial charge on any atom is 0.328 e. The molecule has 2 fully saturated rings. The number of nitro groups is 1. The van der Waals surface area contributed by atoms with E-state index in [1.165, 1.54) is 29.2 Å². The van der Waals surface area contributed by atoms with Crippen LogP contribution in [0.4, 0.5) is 5.69 Å². The molecule has 2 aliphatic heterocycles. The van der Waals surface area contributed by atoms with Crippen molar-refractivity contribution in [3.8, 4) is 0 Å². The molecule has 9 heteroatoms. The quantitative estimate of drug-likeness (QED) is 0.634. The van der Waals surface area contributed by atoms with Crippen LogP contribution in [0.3, 0.4) is 0 Å². The summed E-state index contributed by atoms with van der Waals surface area (Å²) in [4.78, 5) is 38.7. The third-order valence-electron chi connectivity index (χ3n) is 5.15. The number of likely N-dealkylation sites (tertiary alicyclic amines) is 1. The molecule has 2 saturated heterocycles. The highest BCUT2D eigenvalue weighted by Crippen LogP contribution is 2.38. The standard InChI is InChI=1S/C17H21N3O6/c1-2-18-8-6-17(7-9-18)19(14(11-26-17)16(22)23)15(21)12-4-3-5-13(10-12)20(24)25/h3-5,10,14H,2,6-9,11H2,1H3,(H,22,23). The molecule has 1 amide bonds. The van der Waals surface area contributed by atoms with E-state index in [1.54, 1.807) is 0 Å². The molecule has 2 aliphatic rings. The number of rotatable bonds is 4. The van der Waals surface area contributed by atoms with Crippen LogP contribution >= 0.6 is 0 Å². The predicted molar refractivity (Wildman–Crippen MR) is 90.7 cm³/mol. The number of hydrogen-bond acceptors (Lipinski definition) is 6. The van der Waals surface area contributed by atoms with Gasteiger partial charge in [-0.2, -0.15) is 0 Å². The van der Waals surface area contributed by atoms with Gasteiger partial charge < -0.3 is 14.7 Å². The minimum absolute atomic E-state index is 0.0812. The summed E-state index contributed by atoms with van der Waals surface area (Å²) < 4.78 is 5.84. The Hall–Kier alpha value is -2.52. The van der Waals surface area contributed by atoms with Gasteiger partial charge in [0.15, 0.2) is 6.04 Å². The van der Waals surface area contributed by atoms with E-state index in [2.05, 4.69) is 4.90 Å². The third kappa shape index (κ3) is 3.15. The molecule has 140 valence electrons. The van der Waals surface area contributed by atoms with Crippen molar-refractivity contribution < 1.29 is 24.4 Å². The van der Waals surface area contributed by atoms with E-state index in [-0.39, 0.29) is 17.9 Å². The molecular weight excluding hydrogens is 342 g/mol. The Morgan fingerprint density at radius 2 is 2.08 bits per heavy atom. The molecule has 1 aromatic rings. The Morgan fingerprint density at radius 1 is 1.38 bits per heavy atom. The second-order valence-corrected chi connectivity index (χ2v) is 6.53. The Bertz CT molecular complexity index is 729. The van der Waals surface area contributed by atoms with Crippen molar-refractivity contribution in [1.82, 2.24) is 9.80 Å². The summed E-state index contributed by atoms with van der Waals surface area (Å²) in [5, 5.41) is 20.5. The summed E-state index contributed by atoms with van der Waals surface area (Å²) in [6.07, 6.45) is 1.01. The van der Waals surface area contributed by atoms with Crippen LogP contribution in [0.15, 0.2) is 24.3 Å². The van der Waals surface area contributed by atoms with Gasteiger partial charge >= 0.3 is 5.97 Å². The van der Waals surface area contributed by atoms with Gasteiger partial charge in [-0.25, -0.2) is 4.79 Å². The second-order valence-electron chi connectivity index (χ2n) is 6.53. The number of carbonyl (C=O) groups is 2. The SMILES string of the molecule is CCN1CCC2(CC1)OCC(C(=O)O)N2C(=O)c1cccc([N+](=O)[O-])c1. The number of hydrogen-bond donors (Lipinski definition) is 1. The zero-order valence-corrected chi connectivity index (χ0v) is 14.5. The van der Waals surface area contributed by atoms with Gasteiger partial charge in [0.25, 0.3) is 11.6 Å². The molecule has 0 aliphatic carbocycles. The number of non-ortho nitro benzene ring substituents is 1. The van der Waals surface area contributed by atoms with Gasteiger partial charge in [0, 0.05) is 43.6 Å². The molecule has 3 rings (SSSR count). The first-order valence-electron chi connectivity index (χ1n) is 8.55. The lowest BCUT2D eigenvalue weighted by molar-refractivity contribution is -0.384. The molecule has 9 nitrogen and oxygen atoms in total. The van der Waals surface area contributed by atoms with Crippen molar-refractivity contribution in [2.75, 3.05) is 26.2 Å². The molecule has 0 saturated carbocycles. The fourth-order valence-electron chi connectivity index (χ4n) is 3.67. The number of carboxylic acid groups (broad SMARTS) is 1. The van der Waals surface area contributed by atoms with Crippen molar-refractivity contribution in [2.24, 2.45) is 0 Å². The van der Waals surface area contributed by atoms with Gasteiger partial charge in [0.2, 0.25) is 0 Å². The molecule has 1 N–H and O–H groups in total. The van der Waals surface area contributed by atoms with Crippen LogP contribution < -0.4 is 0 Å². The van der Waals surface area contributed by atoms with E-state index in [1.807, 2.05) is 6.92 Å². The number of nitro benzene ring substituents is 1. The lowest BCUT2D eigenvalue weighted by Crippen LogP contribution is -2.58. The van der Waals surface area contributed by atoms with Crippen molar-refractivity contribution in [2.45, 2.75) is 31.5 Å². The number of aliphatic carboxylic acids is 1. The number of nitrogens with zero attached hydrogens (tertiary/aromatic N) is 3. The molecule has 0 radical (unpaired) electrons. The number of carbonyl (C=O) groups excluding carboxylic acids is 1. The second kappa shape index (κ2) is 7.00. The number of ether oxygens (including phenoxy) is 1. The Kier molecular flexibility index (Phi) is 4.92. The van der Waals surface area contributed by atoms with Crippen LogP contribution in [0.25, 0.3) is 0 Å². The first kappa shape index (κ1) is 18.3. The monoisotopic (exact) mass is 363 g/mol. The highest BCUT2D eigenvalue weighted by atomic mass is 16.6. The number of amides is 1. The smallest absolute Gasteiger partial charge is 0.328 e. The molecule has 0 bridgehead atoms. The van der Waals surface area contributed by atoms with E-state index >= 15 is 0 Å². The summed E-state index contributed by atoms with van der Waals surface area (Å²) in [6.45, 7) is 4.22. The summed E-state index contributed by atoms with van der Waals surface area (Å²) in [7, 11) is 0. The summed E-state index contributed by atoms with van der Waals surface area (Å²) in [5.74, 6) is -1.69. The van der Waals surface area contributed by atoms with Crippen LogP contribution in [0.1, 0.15) is 30.1 Å². The van der Waals surface area contributed by atoms with Crippen molar-refractivity contribution >= 4 is 17.6 Å². The van der Waals surface area contributed by atoms with Crippen molar-refractivity contribution in [1.29, 1.82) is 0 Å². The molecular formula is C17H21N3O6. The van der Waals surface area contributed by atoms with E-state index < -0.39 is 28.6 Å². The molecule has 0 aromatic heterocycles. The molecule has 1 spiro atoms. The van der Waals surface area contributed by atoms with Crippen LogP contribution in [-0.2, 0) is 9.53 Å². The van der Waals surface area contributed by atoms with E-state index in [9.17, 15) is 24.8 Å². The topological polar surface area (TPSA) is 113 Å². The highest BCUT2D eigenvalue weighted by Gasteiger charge is 2.54. The molecule has 1 unspecified atom stereocenters. The lowest BCUT2D eigenvalue weighted by Gasteiger charge is -2.44. The van der Waals surface area contributed by atoms with E-state index in [4.69, 9.17) is 4.74 Å². The molecule has 26 heavy (non-hydrogen) atoms. The summed E-state index contributed by atoms with van der Waals surface area (Å²) in [6, 6.07) is 4.25. The van der Waals surface area contributed by atoms with Gasteiger partial charge in [-0.3, -0.25) is 19.8 Å². The average Bonchev–Trinajstić information content (AvgIpc) is 3.01. The number of benzene rings is 1. The first-order valence-corrected chi connectivity index (χ1v) is 8.55. The Balaban J connectivity index is 1.94. The van der Waals surface area contributed by atoms with Crippen LogP contribution in [0, 0.1) is 10.1 Å². The minimum atomic E-state index is -1.14. The maximum atomic E-state index is 13.1. The van der Waals surface area contributed by atoms with Gasteiger partial charge in [-0.1, -0.05) is 13.0 Å². The zero-order chi connectivity index (χ0) is 18.9. The van der Waals surface area contributed by atoms with Gasteiger partial charge in [0.1, 0.15) is 5.72 Å². The average molecular weight is 363 g/mol. The Labute approximate surface area is 150 Å². The molecule has 1 aromatic carbocycles. The van der Waals surface area contributed by atoms with Gasteiger partial charge in [-0.15, -0.1) is 0 Å². The van der Waals surface area contributed by atoms with Crippen LogP contribution in [0.5, 0.6) is 0 Å². The van der Waals surface area contributed by atoms with E-state index in [0.29, 0.717) is 25.9 Å². The van der Waals surface area contributed by atoms with Crippen LogP contribution in [0.2, 0.25) is 0 Å². The number of carboxylic acids is 1. The fourth-order valence-corrected chi connectivity index (χ4v) is 3.67. The minimum Gasteiger partial charge on any atom is -0.480 e. The largest absolute Gasteiger partial charge is 0.480 e. The highest BCUT2D eigenvalue weighted by molar-refractivity contribution is 5.98. The van der Waals surface area contributed by atoms with Gasteiger partial charge in [0.05, 0.1) is 11.5 Å². The zero-order valence-electron chi connectivity index (χ0n) is 14.5. The first-order chi connectivity index (χ1) is 12.4. The third-order valence-corrected chi connectivity index (χ3v) is 5.15. The summed E-state index contributed by atoms with van der Waals surface area (Å²) >= 11 is 0. The lowest BCUT2D eigenvalue weighted by atomic mass is 9.96. The summed E-state index contributed by atoms with van der Waals surface area (Å²) in [5.41, 5.74) is -1.10. The normalized spacial score (nSPS) is 22.5. The molecule has 1 atom stereocenters. The van der Waals surface area contributed by atoms with Crippen molar-refractivity contribution in [3.05, 3.63) is 39.9 Å². The van der Waals surface area contributed by atoms with Crippen molar-refractivity contribution in [3.63, 3.8) is 0 Å². The maximum absolute atomic E-state index is 13.1. The Morgan fingerprint density at radius 3 is 2.65 bits per heavy atom. The van der Waals surface area contributed by atoms with E-state index in [0.717, 1.165) is 6.54 Å². The fraction of sp³-hybridized carbons (Fsp3) is 0.529. The predicted octanol–water partition coefficient (Wildman–Crippen LogP) is 1.33. The molecule has 2 heterocycles. The van der Waals surface area contributed by atoms with Crippen LogP contribution in [-0.4, -0.2) is 69.7 Å². The van der Waals surface area contributed by atoms with Gasteiger partial charge in [-0.05, 0) is 12.6 Å². The number of piperidine rings is 1.